The summed E-state index contributed by atoms with van der Waals surface area (Å²) in [5.74, 6) is 2.37. The molecule has 0 atom stereocenters. The zero-order valence-electron chi connectivity index (χ0n) is 11.1. The van der Waals surface area contributed by atoms with Crippen molar-refractivity contribution in [2.75, 3.05) is 43.0 Å². The van der Waals surface area contributed by atoms with Gasteiger partial charge in [0.05, 0.1) is 4.92 Å². The first-order chi connectivity index (χ1) is 9.16. The number of thioether (sulfide) groups is 1. The van der Waals surface area contributed by atoms with E-state index in [1.165, 1.54) is 11.5 Å². The molecule has 1 heterocycles. The third-order valence-electron chi connectivity index (χ3n) is 3.20. The lowest BCUT2D eigenvalue weighted by molar-refractivity contribution is -0.384. The normalized spacial score (nSPS) is 16.3. The van der Waals surface area contributed by atoms with Crippen molar-refractivity contribution in [3.05, 3.63) is 33.9 Å². The van der Waals surface area contributed by atoms with Crippen LogP contribution in [-0.2, 0) is 0 Å². The van der Waals surface area contributed by atoms with Crippen molar-refractivity contribution < 1.29 is 4.92 Å². The maximum atomic E-state index is 11.0. The van der Waals surface area contributed by atoms with Crippen LogP contribution in [0.1, 0.15) is 5.56 Å². The van der Waals surface area contributed by atoms with Crippen molar-refractivity contribution in [2.45, 2.75) is 6.92 Å². The zero-order valence-corrected chi connectivity index (χ0v) is 11.9. The molecule has 1 aromatic rings. The summed E-state index contributed by atoms with van der Waals surface area (Å²) < 4.78 is 0. The highest BCUT2D eigenvalue weighted by Gasteiger charge is 2.14. The Kier molecular flexibility index (Phi) is 5.04. The summed E-state index contributed by atoms with van der Waals surface area (Å²) >= 11 is 1.99. The molecule has 0 amide bonds. The van der Waals surface area contributed by atoms with Crippen LogP contribution in [0.3, 0.4) is 0 Å². The molecular formula is C13H19N3O2S. The SMILES string of the molecule is Cc1ccc(NCCN2CCSCC2)c([N+](=O)[O-])c1. The molecule has 1 fully saturated rings. The van der Waals surface area contributed by atoms with E-state index in [4.69, 9.17) is 0 Å². The fourth-order valence-corrected chi connectivity index (χ4v) is 3.09. The molecule has 0 unspecified atom stereocenters. The first kappa shape index (κ1) is 14.1. The van der Waals surface area contributed by atoms with E-state index in [0.29, 0.717) is 5.69 Å². The summed E-state index contributed by atoms with van der Waals surface area (Å²) in [5, 5.41) is 14.2. The van der Waals surface area contributed by atoms with Crippen molar-refractivity contribution >= 4 is 23.1 Å². The number of rotatable bonds is 5. The number of nitro benzene ring substituents is 1. The lowest BCUT2D eigenvalue weighted by Crippen LogP contribution is -2.36. The minimum Gasteiger partial charge on any atom is -0.378 e. The summed E-state index contributed by atoms with van der Waals surface area (Å²) in [6.45, 7) is 5.77. The summed E-state index contributed by atoms with van der Waals surface area (Å²) in [6.07, 6.45) is 0. The van der Waals surface area contributed by atoms with Crippen LogP contribution in [0, 0.1) is 17.0 Å². The van der Waals surface area contributed by atoms with Gasteiger partial charge >= 0.3 is 0 Å². The Morgan fingerprint density at radius 2 is 2.16 bits per heavy atom. The van der Waals surface area contributed by atoms with Gasteiger partial charge in [0.25, 0.3) is 5.69 Å². The van der Waals surface area contributed by atoms with E-state index in [1.54, 1.807) is 12.1 Å². The number of nitrogens with zero attached hydrogens (tertiary/aromatic N) is 2. The monoisotopic (exact) mass is 281 g/mol. The highest BCUT2D eigenvalue weighted by atomic mass is 32.2. The van der Waals surface area contributed by atoms with Crippen LogP contribution in [0.2, 0.25) is 0 Å². The molecule has 0 spiro atoms. The molecule has 1 aliphatic heterocycles. The predicted molar refractivity (Wildman–Crippen MR) is 80.1 cm³/mol. The van der Waals surface area contributed by atoms with Gasteiger partial charge in [-0.05, 0) is 18.6 Å². The van der Waals surface area contributed by atoms with Gasteiger partial charge in [0.1, 0.15) is 5.69 Å². The minimum absolute atomic E-state index is 0.161. The Bertz CT molecular complexity index is 448. The molecule has 0 bridgehead atoms. The van der Waals surface area contributed by atoms with Crippen molar-refractivity contribution in [1.82, 2.24) is 4.90 Å². The largest absolute Gasteiger partial charge is 0.378 e. The number of nitro groups is 1. The fraction of sp³-hybridized carbons (Fsp3) is 0.538. The molecule has 6 heteroatoms. The van der Waals surface area contributed by atoms with E-state index in [1.807, 2.05) is 24.8 Å². The zero-order chi connectivity index (χ0) is 13.7. The van der Waals surface area contributed by atoms with Gasteiger partial charge in [-0.2, -0.15) is 11.8 Å². The first-order valence-corrected chi connectivity index (χ1v) is 7.61. The third kappa shape index (κ3) is 4.11. The van der Waals surface area contributed by atoms with Gasteiger partial charge in [-0.25, -0.2) is 0 Å². The van der Waals surface area contributed by atoms with Crippen molar-refractivity contribution in [3.8, 4) is 0 Å². The highest BCUT2D eigenvalue weighted by molar-refractivity contribution is 7.99. The minimum atomic E-state index is -0.327. The first-order valence-electron chi connectivity index (χ1n) is 6.46. The Morgan fingerprint density at radius 1 is 1.42 bits per heavy atom. The maximum absolute atomic E-state index is 11.0. The molecule has 0 radical (unpaired) electrons. The van der Waals surface area contributed by atoms with Gasteiger partial charge in [-0.1, -0.05) is 6.07 Å². The molecule has 5 nitrogen and oxygen atoms in total. The quantitative estimate of drug-likeness (QED) is 0.663. The van der Waals surface area contributed by atoms with E-state index in [0.717, 1.165) is 31.7 Å². The number of hydrogen-bond donors (Lipinski definition) is 1. The smallest absolute Gasteiger partial charge is 0.292 e. The summed E-state index contributed by atoms with van der Waals surface area (Å²) in [4.78, 5) is 13.1. The number of hydrogen-bond acceptors (Lipinski definition) is 5. The molecule has 1 aliphatic rings. The number of nitrogens with one attached hydrogen (secondary N) is 1. The summed E-state index contributed by atoms with van der Waals surface area (Å²) in [6, 6.07) is 5.30. The summed E-state index contributed by atoms with van der Waals surface area (Å²) in [7, 11) is 0. The van der Waals surface area contributed by atoms with Gasteiger partial charge in [0.2, 0.25) is 0 Å². The molecule has 19 heavy (non-hydrogen) atoms. The Hall–Kier alpha value is -1.27. The van der Waals surface area contributed by atoms with Gasteiger partial charge in [0.15, 0.2) is 0 Å². The van der Waals surface area contributed by atoms with Gasteiger partial charge in [0, 0.05) is 43.8 Å². The van der Waals surface area contributed by atoms with Crippen LogP contribution in [0.5, 0.6) is 0 Å². The van der Waals surface area contributed by atoms with Crippen molar-refractivity contribution in [3.63, 3.8) is 0 Å². The van der Waals surface area contributed by atoms with Crippen LogP contribution in [0.25, 0.3) is 0 Å². The number of anilines is 1. The Labute approximate surface area is 117 Å². The van der Waals surface area contributed by atoms with E-state index in [9.17, 15) is 10.1 Å². The van der Waals surface area contributed by atoms with E-state index in [2.05, 4.69) is 10.2 Å². The Morgan fingerprint density at radius 3 is 2.84 bits per heavy atom. The van der Waals surface area contributed by atoms with Crippen LogP contribution in [0.15, 0.2) is 18.2 Å². The molecule has 0 saturated carbocycles. The van der Waals surface area contributed by atoms with Gasteiger partial charge in [-0.15, -0.1) is 0 Å². The van der Waals surface area contributed by atoms with Gasteiger partial charge < -0.3 is 5.32 Å². The molecule has 0 aliphatic carbocycles. The molecule has 2 rings (SSSR count). The second-order valence-electron chi connectivity index (χ2n) is 4.66. The third-order valence-corrected chi connectivity index (χ3v) is 4.14. The molecule has 1 N–H and O–H groups in total. The van der Waals surface area contributed by atoms with Crippen LogP contribution < -0.4 is 5.32 Å². The Balaban J connectivity index is 1.89. The van der Waals surface area contributed by atoms with Crippen LogP contribution in [0.4, 0.5) is 11.4 Å². The standard InChI is InChI=1S/C13H19N3O2S/c1-11-2-3-12(13(10-11)16(17)18)14-4-5-15-6-8-19-9-7-15/h2-3,10,14H,4-9H2,1H3. The maximum Gasteiger partial charge on any atom is 0.292 e. The highest BCUT2D eigenvalue weighted by Crippen LogP contribution is 2.25. The lowest BCUT2D eigenvalue weighted by Gasteiger charge is -2.26. The summed E-state index contributed by atoms with van der Waals surface area (Å²) in [5.41, 5.74) is 1.68. The van der Waals surface area contributed by atoms with E-state index >= 15 is 0 Å². The molecular weight excluding hydrogens is 262 g/mol. The van der Waals surface area contributed by atoms with Crippen molar-refractivity contribution in [2.24, 2.45) is 0 Å². The second kappa shape index (κ2) is 6.77. The lowest BCUT2D eigenvalue weighted by atomic mass is 10.2. The molecule has 1 aromatic carbocycles. The topological polar surface area (TPSA) is 58.4 Å². The second-order valence-corrected chi connectivity index (χ2v) is 5.88. The number of aryl methyl sites for hydroxylation is 1. The molecule has 104 valence electrons. The number of benzene rings is 1. The average Bonchev–Trinajstić information content (AvgIpc) is 2.41. The van der Waals surface area contributed by atoms with Crippen molar-refractivity contribution in [1.29, 1.82) is 0 Å². The molecule has 1 saturated heterocycles. The van der Waals surface area contributed by atoms with E-state index < -0.39 is 0 Å². The fourth-order valence-electron chi connectivity index (χ4n) is 2.12. The predicted octanol–water partition coefficient (Wildman–Crippen LogP) is 2.36. The molecule has 0 aromatic heterocycles. The van der Waals surface area contributed by atoms with Gasteiger partial charge in [-0.3, -0.25) is 15.0 Å². The van der Waals surface area contributed by atoms with E-state index in [-0.39, 0.29) is 10.6 Å². The van der Waals surface area contributed by atoms with Crippen LogP contribution in [-0.4, -0.2) is 47.5 Å². The van der Waals surface area contributed by atoms with Crippen LogP contribution >= 0.6 is 11.8 Å². The average molecular weight is 281 g/mol.